The maximum atomic E-state index is 12.8. The lowest BCUT2D eigenvalue weighted by Gasteiger charge is -2.27. The second-order valence-corrected chi connectivity index (χ2v) is 7.26. The highest BCUT2D eigenvalue weighted by Gasteiger charge is 2.47. The van der Waals surface area contributed by atoms with Gasteiger partial charge in [0, 0.05) is 37.8 Å². The van der Waals surface area contributed by atoms with E-state index in [0.717, 1.165) is 25.4 Å². The van der Waals surface area contributed by atoms with Crippen LogP contribution in [0.2, 0.25) is 0 Å². The van der Waals surface area contributed by atoms with Crippen LogP contribution < -0.4 is 10.5 Å². The number of carbonyl (C=O) groups excluding carboxylic acids is 1. The Labute approximate surface area is 153 Å². The van der Waals surface area contributed by atoms with Gasteiger partial charge in [-0.2, -0.15) is 0 Å². The molecule has 2 aliphatic heterocycles. The molecule has 136 valence electrons. The number of hydrogen-bond acceptors (Lipinski definition) is 5. The first-order valence-corrected chi connectivity index (χ1v) is 8.92. The normalized spacial score (nSPS) is 25.3. The number of pyridine rings is 1. The molecule has 1 aromatic heterocycles. The monoisotopic (exact) mass is 352 g/mol. The number of likely N-dealkylation sites (tertiary alicyclic amines) is 2. The van der Waals surface area contributed by atoms with Crippen molar-refractivity contribution in [2.75, 3.05) is 39.5 Å². The van der Waals surface area contributed by atoms with Gasteiger partial charge in [0.15, 0.2) is 0 Å². The van der Waals surface area contributed by atoms with Gasteiger partial charge in [-0.05, 0) is 42.8 Å². The van der Waals surface area contributed by atoms with Gasteiger partial charge >= 0.3 is 0 Å². The summed E-state index contributed by atoms with van der Waals surface area (Å²) in [5.74, 6) is 2.28. The van der Waals surface area contributed by atoms with Crippen LogP contribution in [0.15, 0.2) is 42.6 Å². The Balaban J connectivity index is 1.52. The standard InChI is InChI=1S/C20H24N4O2/c1-23-10-15-11-24(20(25)14-5-8-18(21)22-9-14)12-17(15)19(23)13-3-6-16(26-2)7-4-13/h3-9,15,17,19H,10-12H2,1-2H3,(H2,21,22)/t15-,17+,19+/m0/s1. The number of fused-ring (bicyclic) bond motifs is 1. The topological polar surface area (TPSA) is 71.7 Å². The summed E-state index contributed by atoms with van der Waals surface area (Å²) in [7, 11) is 3.85. The number of methoxy groups -OCH3 is 1. The summed E-state index contributed by atoms with van der Waals surface area (Å²) < 4.78 is 5.27. The molecule has 6 heteroatoms. The zero-order valence-corrected chi connectivity index (χ0v) is 15.1. The molecule has 2 saturated heterocycles. The van der Waals surface area contributed by atoms with E-state index in [1.54, 1.807) is 25.4 Å². The van der Waals surface area contributed by atoms with Gasteiger partial charge in [0.25, 0.3) is 5.91 Å². The van der Waals surface area contributed by atoms with E-state index in [1.807, 2.05) is 17.0 Å². The molecule has 0 spiro atoms. The van der Waals surface area contributed by atoms with Crippen molar-refractivity contribution in [3.8, 4) is 5.75 Å². The number of carbonyl (C=O) groups is 1. The number of hydrogen-bond donors (Lipinski definition) is 1. The second-order valence-electron chi connectivity index (χ2n) is 7.26. The Hall–Kier alpha value is -2.60. The maximum absolute atomic E-state index is 12.8. The molecule has 0 radical (unpaired) electrons. The van der Waals surface area contributed by atoms with Crippen LogP contribution in [-0.4, -0.2) is 54.5 Å². The molecular weight excluding hydrogens is 328 g/mol. The summed E-state index contributed by atoms with van der Waals surface area (Å²) in [6.45, 7) is 2.57. The minimum atomic E-state index is 0.0445. The lowest BCUT2D eigenvalue weighted by atomic mass is 9.89. The van der Waals surface area contributed by atoms with Crippen molar-refractivity contribution in [2.24, 2.45) is 11.8 Å². The minimum absolute atomic E-state index is 0.0445. The van der Waals surface area contributed by atoms with E-state index in [1.165, 1.54) is 5.56 Å². The summed E-state index contributed by atoms with van der Waals surface area (Å²) in [6, 6.07) is 12.0. The van der Waals surface area contributed by atoms with Gasteiger partial charge in [-0.25, -0.2) is 4.98 Å². The predicted octanol–water partition coefficient (Wildman–Crippen LogP) is 2.05. The number of ether oxygens (including phenoxy) is 1. The van der Waals surface area contributed by atoms with Crippen molar-refractivity contribution in [2.45, 2.75) is 6.04 Å². The number of aromatic nitrogens is 1. The zero-order chi connectivity index (χ0) is 18.3. The van der Waals surface area contributed by atoms with Gasteiger partial charge in [-0.15, -0.1) is 0 Å². The highest BCUT2D eigenvalue weighted by molar-refractivity contribution is 5.94. The van der Waals surface area contributed by atoms with Crippen LogP contribution in [0.3, 0.4) is 0 Å². The molecule has 2 aliphatic rings. The smallest absolute Gasteiger partial charge is 0.255 e. The number of rotatable bonds is 3. The minimum Gasteiger partial charge on any atom is -0.497 e. The number of nitrogens with two attached hydrogens (primary N) is 1. The number of benzene rings is 1. The Bertz CT molecular complexity index is 790. The van der Waals surface area contributed by atoms with Crippen LogP contribution in [-0.2, 0) is 0 Å². The molecule has 0 saturated carbocycles. The van der Waals surface area contributed by atoms with Crippen molar-refractivity contribution in [1.29, 1.82) is 0 Å². The molecule has 2 fully saturated rings. The Morgan fingerprint density at radius 2 is 1.92 bits per heavy atom. The third kappa shape index (κ3) is 2.90. The van der Waals surface area contributed by atoms with E-state index >= 15 is 0 Å². The SMILES string of the molecule is COc1ccc([C@@H]2[C@@H]3CN(C(=O)c4ccc(N)nc4)C[C@@H]3CN2C)cc1. The molecule has 0 aliphatic carbocycles. The van der Waals surface area contributed by atoms with Crippen molar-refractivity contribution in [1.82, 2.24) is 14.8 Å². The first kappa shape index (κ1) is 16.8. The van der Waals surface area contributed by atoms with Crippen LogP contribution >= 0.6 is 0 Å². The Kier molecular flexibility index (Phi) is 4.28. The number of nitrogen functional groups attached to an aromatic ring is 1. The molecule has 3 atom stereocenters. The van der Waals surface area contributed by atoms with Crippen LogP contribution in [0.5, 0.6) is 5.75 Å². The number of anilines is 1. The van der Waals surface area contributed by atoms with Crippen LogP contribution in [0.25, 0.3) is 0 Å². The fourth-order valence-corrected chi connectivity index (χ4v) is 4.44. The first-order valence-electron chi connectivity index (χ1n) is 8.92. The molecule has 2 N–H and O–H groups in total. The van der Waals surface area contributed by atoms with Crippen LogP contribution in [0.4, 0.5) is 5.82 Å². The number of nitrogens with zero attached hydrogens (tertiary/aromatic N) is 3. The molecule has 2 aromatic rings. The third-order valence-electron chi connectivity index (χ3n) is 5.67. The van der Waals surface area contributed by atoms with Gasteiger partial charge in [-0.1, -0.05) is 12.1 Å². The molecule has 1 aromatic carbocycles. The van der Waals surface area contributed by atoms with Crippen molar-refractivity contribution >= 4 is 11.7 Å². The summed E-state index contributed by atoms with van der Waals surface area (Å²) in [6.07, 6.45) is 1.57. The van der Waals surface area contributed by atoms with E-state index in [2.05, 4.69) is 29.1 Å². The van der Waals surface area contributed by atoms with Crippen molar-refractivity contribution < 1.29 is 9.53 Å². The molecule has 4 rings (SSSR count). The van der Waals surface area contributed by atoms with Crippen LogP contribution in [0, 0.1) is 11.8 Å². The maximum Gasteiger partial charge on any atom is 0.255 e. The second kappa shape index (κ2) is 6.61. The van der Waals surface area contributed by atoms with Gasteiger partial charge in [-0.3, -0.25) is 9.69 Å². The zero-order valence-electron chi connectivity index (χ0n) is 15.1. The fraction of sp³-hybridized carbons (Fsp3) is 0.400. The molecule has 0 unspecified atom stereocenters. The van der Waals surface area contributed by atoms with E-state index in [9.17, 15) is 4.79 Å². The summed E-state index contributed by atoms with van der Waals surface area (Å²) in [5, 5.41) is 0. The Morgan fingerprint density at radius 3 is 2.58 bits per heavy atom. The Morgan fingerprint density at radius 1 is 1.15 bits per heavy atom. The predicted molar refractivity (Wildman–Crippen MR) is 99.9 cm³/mol. The number of amides is 1. The first-order chi connectivity index (χ1) is 12.6. The quantitative estimate of drug-likeness (QED) is 0.915. The largest absolute Gasteiger partial charge is 0.497 e. The third-order valence-corrected chi connectivity index (χ3v) is 5.67. The fourth-order valence-electron chi connectivity index (χ4n) is 4.44. The van der Waals surface area contributed by atoms with E-state index in [0.29, 0.717) is 29.3 Å². The highest BCUT2D eigenvalue weighted by Crippen LogP contribution is 2.44. The molecule has 26 heavy (non-hydrogen) atoms. The van der Waals surface area contributed by atoms with Gasteiger partial charge in [0.05, 0.1) is 12.7 Å². The van der Waals surface area contributed by atoms with Crippen molar-refractivity contribution in [3.63, 3.8) is 0 Å². The highest BCUT2D eigenvalue weighted by atomic mass is 16.5. The summed E-state index contributed by atoms with van der Waals surface area (Å²) >= 11 is 0. The average Bonchev–Trinajstić information content (AvgIpc) is 3.18. The molecule has 1 amide bonds. The summed E-state index contributed by atoms with van der Waals surface area (Å²) in [5.41, 5.74) is 7.51. The van der Waals surface area contributed by atoms with Gasteiger partial charge in [0.2, 0.25) is 0 Å². The average molecular weight is 352 g/mol. The lowest BCUT2D eigenvalue weighted by molar-refractivity contribution is 0.0767. The van der Waals surface area contributed by atoms with E-state index in [-0.39, 0.29) is 5.91 Å². The van der Waals surface area contributed by atoms with Gasteiger partial charge < -0.3 is 15.4 Å². The molecule has 3 heterocycles. The molecule has 0 bridgehead atoms. The molecular formula is C20H24N4O2. The van der Waals surface area contributed by atoms with Crippen LogP contribution in [0.1, 0.15) is 22.0 Å². The molecule has 6 nitrogen and oxygen atoms in total. The van der Waals surface area contributed by atoms with E-state index < -0.39 is 0 Å². The van der Waals surface area contributed by atoms with E-state index in [4.69, 9.17) is 10.5 Å². The summed E-state index contributed by atoms with van der Waals surface area (Å²) in [4.78, 5) is 21.2. The van der Waals surface area contributed by atoms with Crippen molar-refractivity contribution in [3.05, 3.63) is 53.7 Å². The lowest BCUT2D eigenvalue weighted by Crippen LogP contribution is -2.33. The van der Waals surface area contributed by atoms with Gasteiger partial charge in [0.1, 0.15) is 11.6 Å².